The first kappa shape index (κ1) is 21.9. The number of amides is 2. The molecule has 1 aliphatic rings. The van der Waals surface area contributed by atoms with E-state index in [1.54, 1.807) is 18.2 Å². The largest absolute Gasteiger partial charge is 0.495 e. The summed E-state index contributed by atoms with van der Waals surface area (Å²) in [5.74, 6) is -1.17. The highest BCUT2D eigenvalue weighted by atomic mass is 35.5. The number of ether oxygens (including phenoxy) is 1. The molecule has 1 saturated heterocycles. The average Bonchev–Trinajstić information content (AvgIpc) is 3.16. The molecule has 1 unspecified atom stereocenters. The van der Waals surface area contributed by atoms with Crippen LogP contribution in [-0.2, 0) is 4.79 Å². The summed E-state index contributed by atoms with van der Waals surface area (Å²) < 4.78 is 19.2. The lowest BCUT2D eigenvalue weighted by atomic mass is 10.1. The number of nitrogens with one attached hydrogen (secondary N) is 3. The van der Waals surface area contributed by atoms with Crippen molar-refractivity contribution in [1.29, 1.82) is 0 Å². The fourth-order valence-corrected chi connectivity index (χ4v) is 3.03. The van der Waals surface area contributed by atoms with Gasteiger partial charge in [0.15, 0.2) is 0 Å². The maximum atomic E-state index is 14.0. The van der Waals surface area contributed by atoms with E-state index in [9.17, 15) is 14.0 Å². The van der Waals surface area contributed by atoms with Gasteiger partial charge in [-0.15, -0.1) is 12.4 Å². The Balaban J connectivity index is 0.00000280. The third-order valence-electron chi connectivity index (χ3n) is 4.32. The lowest BCUT2D eigenvalue weighted by molar-refractivity contribution is -0.119. The molecule has 0 aromatic heterocycles. The summed E-state index contributed by atoms with van der Waals surface area (Å²) >= 11 is 5.72. The van der Waals surface area contributed by atoms with Crippen molar-refractivity contribution in [3.63, 3.8) is 0 Å². The molecule has 0 bridgehead atoms. The van der Waals surface area contributed by atoms with Crippen molar-refractivity contribution in [2.24, 2.45) is 5.92 Å². The van der Waals surface area contributed by atoms with Gasteiger partial charge in [-0.1, -0.05) is 11.6 Å². The Morgan fingerprint density at radius 1 is 1.21 bits per heavy atom. The summed E-state index contributed by atoms with van der Waals surface area (Å²) in [4.78, 5) is 24.7. The van der Waals surface area contributed by atoms with Crippen LogP contribution in [0.4, 0.5) is 15.8 Å². The van der Waals surface area contributed by atoms with Crippen LogP contribution in [0.2, 0.25) is 5.02 Å². The SMILES string of the molecule is COc1ccc(NC(=O)C2CCNC2)cc1NC(=O)c1ccc(Cl)cc1F.Cl. The van der Waals surface area contributed by atoms with Gasteiger partial charge in [0.2, 0.25) is 5.91 Å². The van der Waals surface area contributed by atoms with Gasteiger partial charge in [0, 0.05) is 17.3 Å². The zero-order chi connectivity index (χ0) is 19.4. The number of hydrogen-bond acceptors (Lipinski definition) is 4. The zero-order valence-corrected chi connectivity index (χ0v) is 16.6. The number of halogens is 3. The van der Waals surface area contributed by atoms with Gasteiger partial charge >= 0.3 is 0 Å². The second-order valence-electron chi connectivity index (χ2n) is 6.17. The van der Waals surface area contributed by atoms with Gasteiger partial charge < -0.3 is 20.7 Å². The highest BCUT2D eigenvalue weighted by Gasteiger charge is 2.23. The molecule has 9 heteroatoms. The molecule has 1 aliphatic heterocycles. The molecule has 0 aliphatic carbocycles. The minimum absolute atomic E-state index is 0. The molecule has 0 radical (unpaired) electrons. The average molecular weight is 428 g/mol. The maximum Gasteiger partial charge on any atom is 0.258 e. The third-order valence-corrected chi connectivity index (χ3v) is 4.56. The molecule has 28 heavy (non-hydrogen) atoms. The molecule has 1 fully saturated rings. The smallest absolute Gasteiger partial charge is 0.258 e. The summed E-state index contributed by atoms with van der Waals surface area (Å²) in [6.45, 7) is 1.45. The van der Waals surface area contributed by atoms with E-state index in [0.717, 1.165) is 19.0 Å². The van der Waals surface area contributed by atoms with Crippen LogP contribution in [0.15, 0.2) is 36.4 Å². The van der Waals surface area contributed by atoms with E-state index in [1.165, 1.54) is 19.2 Å². The number of hydrogen-bond donors (Lipinski definition) is 3. The molecule has 2 aromatic rings. The van der Waals surface area contributed by atoms with E-state index in [1.807, 2.05) is 0 Å². The lowest BCUT2D eigenvalue weighted by Crippen LogP contribution is -2.24. The fourth-order valence-electron chi connectivity index (χ4n) is 2.87. The van der Waals surface area contributed by atoms with Crippen molar-refractivity contribution in [2.45, 2.75) is 6.42 Å². The maximum absolute atomic E-state index is 14.0. The molecule has 1 heterocycles. The summed E-state index contributed by atoms with van der Waals surface area (Å²) in [5.41, 5.74) is 0.687. The van der Waals surface area contributed by atoms with Gasteiger partial charge in [-0.25, -0.2) is 4.39 Å². The molecule has 2 aromatic carbocycles. The minimum Gasteiger partial charge on any atom is -0.495 e. The van der Waals surface area contributed by atoms with Gasteiger partial charge in [-0.05, 0) is 49.4 Å². The van der Waals surface area contributed by atoms with Crippen LogP contribution in [0.5, 0.6) is 5.75 Å². The van der Waals surface area contributed by atoms with Gasteiger partial charge in [0.05, 0.1) is 24.3 Å². The second-order valence-corrected chi connectivity index (χ2v) is 6.61. The monoisotopic (exact) mass is 427 g/mol. The fraction of sp³-hybridized carbons (Fsp3) is 0.263. The van der Waals surface area contributed by atoms with Crippen LogP contribution < -0.4 is 20.7 Å². The highest BCUT2D eigenvalue weighted by molar-refractivity contribution is 6.30. The van der Waals surface area contributed by atoms with Crippen LogP contribution >= 0.6 is 24.0 Å². The minimum atomic E-state index is -0.725. The highest BCUT2D eigenvalue weighted by Crippen LogP contribution is 2.29. The van der Waals surface area contributed by atoms with Gasteiger partial charge in [-0.3, -0.25) is 9.59 Å². The van der Waals surface area contributed by atoms with Crippen molar-refractivity contribution in [3.8, 4) is 5.75 Å². The molecular formula is C19H20Cl2FN3O3. The molecule has 1 atom stereocenters. The summed E-state index contributed by atoms with van der Waals surface area (Å²) in [6.07, 6.45) is 0.779. The van der Waals surface area contributed by atoms with Gasteiger partial charge in [-0.2, -0.15) is 0 Å². The zero-order valence-electron chi connectivity index (χ0n) is 15.1. The van der Waals surface area contributed by atoms with Crippen molar-refractivity contribution in [1.82, 2.24) is 5.32 Å². The third kappa shape index (κ3) is 5.13. The Hall–Kier alpha value is -2.35. The van der Waals surface area contributed by atoms with Crippen molar-refractivity contribution < 1.29 is 18.7 Å². The van der Waals surface area contributed by atoms with Crippen LogP contribution in [0.25, 0.3) is 0 Å². The van der Waals surface area contributed by atoms with E-state index in [2.05, 4.69) is 16.0 Å². The van der Waals surface area contributed by atoms with Crippen LogP contribution in [0.3, 0.4) is 0 Å². The van der Waals surface area contributed by atoms with Gasteiger partial charge in [0.25, 0.3) is 5.91 Å². The topological polar surface area (TPSA) is 79.5 Å². The number of carbonyl (C=O) groups is 2. The number of anilines is 2. The van der Waals surface area contributed by atoms with Crippen molar-refractivity contribution in [2.75, 3.05) is 30.8 Å². The molecule has 0 spiro atoms. The molecule has 150 valence electrons. The van der Waals surface area contributed by atoms with Crippen molar-refractivity contribution in [3.05, 3.63) is 52.8 Å². The molecule has 6 nitrogen and oxygen atoms in total. The van der Waals surface area contributed by atoms with E-state index >= 15 is 0 Å². The molecule has 0 saturated carbocycles. The molecule has 3 rings (SSSR count). The first-order valence-corrected chi connectivity index (χ1v) is 8.81. The summed E-state index contributed by atoms with van der Waals surface area (Å²) in [5, 5.41) is 8.78. The van der Waals surface area contributed by atoms with E-state index in [-0.39, 0.29) is 34.8 Å². The van der Waals surface area contributed by atoms with Crippen LogP contribution in [0, 0.1) is 11.7 Å². The predicted molar refractivity (Wildman–Crippen MR) is 109 cm³/mol. The molecule has 3 N–H and O–H groups in total. The Kier molecular flexibility index (Phi) is 7.62. The normalized spacial score (nSPS) is 15.5. The second kappa shape index (κ2) is 9.73. The first-order valence-electron chi connectivity index (χ1n) is 8.44. The standard InChI is InChI=1S/C19H19ClFN3O3.ClH/c1-27-17-5-3-13(23-18(25)11-6-7-22-10-11)9-16(17)24-19(26)14-4-2-12(20)8-15(14)21;/h2-5,8-9,11,22H,6-7,10H2,1H3,(H,23,25)(H,24,26);1H. The van der Waals surface area contributed by atoms with Crippen LogP contribution in [0.1, 0.15) is 16.8 Å². The van der Waals surface area contributed by atoms with E-state index < -0.39 is 11.7 Å². The van der Waals surface area contributed by atoms with E-state index in [4.69, 9.17) is 16.3 Å². The Morgan fingerprint density at radius 3 is 2.64 bits per heavy atom. The first-order chi connectivity index (χ1) is 13.0. The van der Waals surface area contributed by atoms with Gasteiger partial charge in [0.1, 0.15) is 11.6 Å². The van der Waals surface area contributed by atoms with Crippen LogP contribution in [-0.4, -0.2) is 32.0 Å². The van der Waals surface area contributed by atoms with Crippen molar-refractivity contribution >= 4 is 47.2 Å². The number of benzene rings is 2. The number of rotatable bonds is 5. The quantitative estimate of drug-likeness (QED) is 0.679. The Bertz CT molecular complexity index is 873. The predicted octanol–water partition coefficient (Wildman–Crippen LogP) is 3.71. The van der Waals surface area contributed by atoms with E-state index in [0.29, 0.717) is 23.7 Å². The summed E-state index contributed by atoms with van der Waals surface area (Å²) in [6, 6.07) is 8.68. The number of methoxy groups -OCH3 is 1. The lowest BCUT2D eigenvalue weighted by Gasteiger charge is -2.14. The summed E-state index contributed by atoms with van der Waals surface area (Å²) in [7, 11) is 1.45. The number of carbonyl (C=O) groups excluding carboxylic acids is 2. The Morgan fingerprint density at radius 2 is 2.00 bits per heavy atom. The molecular weight excluding hydrogens is 408 g/mol. The molecule has 2 amide bonds. The Labute approximate surface area is 173 Å².